The molecule has 0 heterocycles. The molecular formula is C15H20FNOS. The lowest BCUT2D eigenvalue weighted by Crippen LogP contribution is -2.41. The molecule has 1 N–H and O–H groups in total. The zero-order valence-corrected chi connectivity index (χ0v) is 12.1. The number of hydrogen-bond donors (Lipinski definition) is 2. The molecule has 0 bridgehead atoms. The molecule has 2 unspecified atom stereocenters. The van der Waals surface area contributed by atoms with Gasteiger partial charge in [0.1, 0.15) is 5.82 Å². The Kier molecular flexibility index (Phi) is 4.86. The summed E-state index contributed by atoms with van der Waals surface area (Å²) >= 11 is 4.01. The zero-order chi connectivity index (χ0) is 13.8. The summed E-state index contributed by atoms with van der Waals surface area (Å²) in [6.07, 6.45) is 5.74. The fraction of sp³-hybridized carbons (Fsp3) is 0.533. The van der Waals surface area contributed by atoms with Crippen LogP contribution in [0.2, 0.25) is 0 Å². The van der Waals surface area contributed by atoms with E-state index < -0.39 is 5.82 Å². The quantitative estimate of drug-likeness (QED) is 0.810. The van der Waals surface area contributed by atoms with E-state index in [0.29, 0.717) is 11.5 Å². The monoisotopic (exact) mass is 281 g/mol. The molecule has 0 radical (unpaired) electrons. The van der Waals surface area contributed by atoms with Crippen LogP contribution >= 0.6 is 12.6 Å². The smallest absolute Gasteiger partial charge is 0.251 e. The van der Waals surface area contributed by atoms with E-state index in [9.17, 15) is 9.18 Å². The van der Waals surface area contributed by atoms with Gasteiger partial charge in [0, 0.05) is 16.5 Å². The van der Waals surface area contributed by atoms with Gasteiger partial charge in [-0.1, -0.05) is 26.2 Å². The highest BCUT2D eigenvalue weighted by Gasteiger charge is 2.25. The number of halogens is 1. The van der Waals surface area contributed by atoms with Gasteiger partial charge in [-0.15, -0.1) is 12.6 Å². The first-order valence-electron chi connectivity index (χ1n) is 6.91. The summed E-state index contributed by atoms with van der Waals surface area (Å²) in [6, 6.07) is 4.53. The fourth-order valence-corrected chi connectivity index (χ4v) is 3.01. The molecule has 2 nitrogen and oxygen atoms in total. The van der Waals surface area contributed by atoms with Gasteiger partial charge in [-0.3, -0.25) is 4.79 Å². The molecule has 1 aliphatic carbocycles. The maximum Gasteiger partial charge on any atom is 0.251 e. The lowest BCUT2D eigenvalue weighted by molar-refractivity contribution is 0.0904. The Labute approximate surface area is 119 Å². The van der Waals surface area contributed by atoms with Gasteiger partial charge >= 0.3 is 0 Å². The van der Waals surface area contributed by atoms with Gasteiger partial charge in [-0.05, 0) is 37.0 Å². The summed E-state index contributed by atoms with van der Waals surface area (Å²) in [5.41, 5.74) is 0.479. The first-order valence-corrected chi connectivity index (χ1v) is 7.36. The van der Waals surface area contributed by atoms with E-state index >= 15 is 0 Å². The molecule has 4 heteroatoms. The van der Waals surface area contributed by atoms with Crippen LogP contribution in [0.4, 0.5) is 4.39 Å². The molecule has 1 aromatic rings. The highest BCUT2D eigenvalue weighted by molar-refractivity contribution is 7.80. The molecule has 0 aromatic heterocycles. The number of nitrogens with one attached hydrogen (secondary N) is 1. The van der Waals surface area contributed by atoms with Crippen molar-refractivity contribution in [3.05, 3.63) is 29.6 Å². The summed E-state index contributed by atoms with van der Waals surface area (Å²) in [4.78, 5) is 12.4. The van der Waals surface area contributed by atoms with E-state index in [1.165, 1.54) is 37.5 Å². The number of benzene rings is 1. The highest BCUT2D eigenvalue weighted by Crippen LogP contribution is 2.27. The summed E-state index contributed by atoms with van der Waals surface area (Å²) in [5.74, 6) is 0.0401. The minimum Gasteiger partial charge on any atom is -0.349 e. The summed E-state index contributed by atoms with van der Waals surface area (Å²) < 4.78 is 13.1. The molecule has 1 aliphatic rings. The van der Waals surface area contributed by atoms with Crippen molar-refractivity contribution in [3.63, 3.8) is 0 Å². The Morgan fingerprint density at radius 2 is 2.16 bits per heavy atom. The van der Waals surface area contributed by atoms with E-state index in [1.807, 2.05) is 0 Å². The normalized spacial score (nSPS) is 23.1. The predicted molar refractivity (Wildman–Crippen MR) is 77.2 cm³/mol. The Morgan fingerprint density at radius 3 is 2.84 bits per heavy atom. The Balaban J connectivity index is 2.05. The number of hydrogen-bond acceptors (Lipinski definition) is 2. The van der Waals surface area contributed by atoms with Crippen LogP contribution in [0.5, 0.6) is 0 Å². The topological polar surface area (TPSA) is 29.1 Å². The standard InChI is InChI=1S/C15H20FNOS/c1-2-10-5-3-4-6-13(10)17-15(18)11-7-8-12(16)14(19)9-11/h7-10,13,19H,2-6H2,1H3,(H,17,18). The highest BCUT2D eigenvalue weighted by atomic mass is 32.1. The van der Waals surface area contributed by atoms with Gasteiger partial charge in [-0.2, -0.15) is 0 Å². The predicted octanol–water partition coefficient (Wildman–Crippen LogP) is 3.81. The number of carbonyl (C=O) groups excluding carboxylic acids is 1. The van der Waals surface area contributed by atoms with Crippen molar-refractivity contribution in [3.8, 4) is 0 Å². The van der Waals surface area contributed by atoms with Crippen molar-refractivity contribution < 1.29 is 9.18 Å². The second-order valence-electron chi connectivity index (χ2n) is 5.20. The van der Waals surface area contributed by atoms with Crippen LogP contribution in [0.15, 0.2) is 23.1 Å². The van der Waals surface area contributed by atoms with Crippen LogP contribution in [0, 0.1) is 11.7 Å². The van der Waals surface area contributed by atoms with Gasteiger partial charge in [0.05, 0.1) is 0 Å². The van der Waals surface area contributed by atoms with Gasteiger partial charge in [0.2, 0.25) is 0 Å². The first kappa shape index (κ1) is 14.4. The number of rotatable bonds is 3. The average molecular weight is 281 g/mol. The average Bonchev–Trinajstić information content (AvgIpc) is 2.42. The SMILES string of the molecule is CCC1CCCCC1NC(=O)c1ccc(F)c(S)c1. The van der Waals surface area contributed by atoms with Gasteiger partial charge < -0.3 is 5.32 Å². The molecule has 2 atom stereocenters. The molecule has 104 valence electrons. The van der Waals surface area contributed by atoms with Crippen LogP contribution in [-0.2, 0) is 0 Å². The third kappa shape index (κ3) is 3.50. The van der Waals surface area contributed by atoms with Crippen LogP contribution in [-0.4, -0.2) is 11.9 Å². The minimum atomic E-state index is -0.399. The van der Waals surface area contributed by atoms with E-state index in [2.05, 4.69) is 24.9 Å². The molecule has 1 amide bonds. The van der Waals surface area contributed by atoms with E-state index in [4.69, 9.17) is 0 Å². The molecule has 1 fully saturated rings. The summed E-state index contributed by atoms with van der Waals surface area (Å²) in [6.45, 7) is 2.17. The van der Waals surface area contributed by atoms with Crippen molar-refractivity contribution in [1.29, 1.82) is 0 Å². The maximum atomic E-state index is 13.1. The van der Waals surface area contributed by atoms with E-state index in [1.54, 1.807) is 0 Å². The van der Waals surface area contributed by atoms with Crippen molar-refractivity contribution >= 4 is 18.5 Å². The molecule has 1 aromatic carbocycles. The third-order valence-electron chi connectivity index (χ3n) is 3.96. The van der Waals surface area contributed by atoms with Gasteiger partial charge in [0.25, 0.3) is 5.91 Å². The van der Waals surface area contributed by atoms with Crippen molar-refractivity contribution in [2.24, 2.45) is 5.92 Å². The number of thiol groups is 1. The molecule has 0 spiro atoms. The first-order chi connectivity index (χ1) is 9.11. The van der Waals surface area contributed by atoms with Crippen LogP contribution in [0.3, 0.4) is 0 Å². The maximum absolute atomic E-state index is 13.1. The van der Waals surface area contributed by atoms with Crippen LogP contribution in [0.25, 0.3) is 0 Å². The minimum absolute atomic E-state index is 0.124. The summed E-state index contributed by atoms with van der Waals surface area (Å²) in [5, 5.41) is 3.09. The molecular weight excluding hydrogens is 261 g/mol. The van der Waals surface area contributed by atoms with Crippen LogP contribution < -0.4 is 5.32 Å². The number of amides is 1. The summed E-state index contributed by atoms with van der Waals surface area (Å²) in [7, 11) is 0. The second-order valence-corrected chi connectivity index (χ2v) is 5.68. The largest absolute Gasteiger partial charge is 0.349 e. The lowest BCUT2D eigenvalue weighted by Gasteiger charge is -2.31. The fourth-order valence-electron chi connectivity index (χ4n) is 2.79. The third-order valence-corrected chi connectivity index (χ3v) is 4.30. The van der Waals surface area contributed by atoms with E-state index in [0.717, 1.165) is 12.8 Å². The molecule has 0 saturated heterocycles. The zero-order valence-electron chi connectivity index (χ0n) is 11.2. The molecule has 0 aliphatic heterocycles. The lowest BCUT2D eigenvalue weighted by atomic mass is 9.83. The van der Waals surface area contributed by atoms with Crippen LogP contribution in [0.1, 0.15) is 49.4 Å². The molecule has 1 saturated carbocycles. The van der Waals surface area contributed by atoms with Gasteiger partial charge in [-0.25, -0.2) is 4.39 Å². The van der Waals surface area contributed by atoms with Crippen molar-refractivity contribution in [2.45, 2.75) is 50.0 Å². The Morgan fingerprint density at radius 1 is 1.42 bits per heavy atom. The van der Waals surface area contributed by atoms with E-state index in [-0.39, 0.29) is 16.8 Å². The second kappa shape index (κ2) is 6.42. The van der Waals surface area contributed by atoms with Crippen molar-refractivity contribution in [1.82, 2.24) is 5.32 Å². The molecule has 2 rings (SSSR count). The van der Waals surface area contributed by atoms with Gasteiger partial charge in [0.15, 0.2) is 0 Å². The Bertz CT molecular complexity index is 463. The number of carbonyl (C=O) groups is 1. The Hall–Kier alpha value is -1.03. The van der Waals surface area contributed by atoms with Crippen molar-refractivity contribution in [2.75, 3.05) is 0 Å². The molecule has 19 heavy (non-hydrogen) atoms.